The Morgan fingerprint density at radius 3 is 2.38 bits per heavy atom. The Bertz CT molecular complexity index is 1030. The zero-order valence-electron chi connectivity index (χ0n) is 16.6. The van der Waals surface area contributed by atoms with Crippen molar-refractivity contribution in [2.75, 3.05) is 31.1 Å². The second-order valence-corrected chi connectivity index (χ2v) is 7.34. The standard InChI is InChI=1S/C20H22FN3O4.K/c1-2-18(25)23-7-5-22(6-8-23)17-10-16-13(9-15(17)21)19(26)14(20(27)28)11-24(16)12-3-4-12;/h9-12H,2-8H2,1H3,(H,27,28);/q;+1/p-1. The largest absolute Gasteiger partial charge is 1.00 e. The number of nitrogens with zero attached hydrogens (tertiary/aromatic N) is 3. The summed E-state index contributed by atoms with van der Waals surface area (Å²) in [5.74, 6) is -2.05. The van der Waals surface area contributed by atoms with Crippen LogP contribution in [0.25, 0.3) is 10.9 Å². The van der Waals surface area contributed by atoms with Gasteiger partial charge < -0.3 is 24.3 Å². The molecule has 0 bridgehead atoms. The Labute approximate surface area is 209 Å². The van der Waals surface area contributed by atoms with Crippen molar-refractivity contribution in [1.82, 2.24) is 9.47 Å². The smallest absolute Gasteiger partial charge is 0.545 e. The van der Waals surface area contributed by atoms with Gasteiger partial charge in [-0.3, -0.25) is 9.59 Å². The molecule has 1 saturated carbocycles. The van der Waals surface area contributed by atoms with Gasteiger partial charge in [0, 0.05) is 50.2 Å². The summed E-state index contributed by atoms with van der Waals surface area (Å²) < 4.78 is 16.6. The molecular formula is C20H21FKN3O4. The van der Waals surface area contributed by atoms with Crippen molar-refractivity contribution in [3.05, 3.63) is 39.9 Å². The number of fused-ring (bicyclic) bond motifs is 1. The first-order chi connectivity index (χ1) is 13.4. The van der Waals surface area contributed by atoms with Crippen molar-refractivity contribution >= 4 is 28.5 Å². The first-order valence-electron chi connectivity index (χ1n) is 9.53. The summed E-state index contributed by atoms with van der Waals surface area (Å²) in [4.78, 5) is 39.3. The molecule has 4 rings (SSSR count). The fourth-order valence-corrected chi connectivity index (χ4v) is 3.82. The van der Waals surface area contributed by atoms with Gasteiger partial charge in [0.1, 0.15) is 5.82 Å². The average Bonchev–Trinajstić information content (AvgIpc) is 3.52. The molecule has 0 atom stereocenters. The molecule has 0 radical (unpaired) electrons. The zero-order chi connectivity index (χ0) is 20.0. The van der Waals surface area contributed by atoms with E-state index >= 15 is 0 Å². The summed E-state index contributed by atoms with van der Waals surface area (Å²) in [7, 11) is 0. The van der Waals surface area contributed by atoms with E-state index in [4.69, 9.17) is 0 Å². The number of amides is 1. The van der Waals surface area contributed by atoms with Gasteiger partial charge in [-0.25, -0.2) is 4.39 Å². The summed E-state index contributed by atoms with van der Waals surface area (Å²) in [6.45, 7) is 3.85. The third kappa shape index (κ3) is 4.29. The molecule has 29 heavy (non-hydrogen) atoms. The molecule has 2 aromatic rings. The van der Waals surface area contributed by atoms with Crippen LogP contribution in [-0.4, -0.2) is 47.5 Å². The maximum Gasteiger partial charge on any atom is 1.00 e. The molecule has 1 saturated heterocycles. The second kappa shape index (κ2) is 8.85. The number of piperazine rings is 1. The maximum absolute atomic E-state index is 14.9. The number of aromatic carboxylic acids is 1. The van der Waals surface area contributed by atoms with E-state index in [1.165, 1.54) is 6.20 Å². The molecular weight excluding hydrogens is 404 g/mol. The number of halogens is 1. The maximum atomic E-state index is 14.9. The summed E-state index contributed by atoms with van der Waals surface area (Å²) in [5, 5.41) is 11.4. The van der Waals surface area contributed by atoms with Gasteiger partial charge in [0.15, 0.2) is 5.43 Å². The topological polar surface area (TPSA) is 85.7 Å². The van der Waals surface area contributed by atoms with Crippen LogP contribution < -0.4 is 66.8 Å². The van der Waals surface area contributed by atoms with Crippen molar-refractivity contribution in [3.8, 4) is 0 Å². The van der Waals surface area contributed by atoms with Crippen LogP contribution >= 0.6 is 0 Å². The van der Waals surface area contributed by atoms with Gasteiger partial charge in [-0.15, -0.1) is 0 Å². The van der Waals surface area contributed by atoms with Crippen molar-refractivity contribution < 1.29 is 70.5 Å². The summed E-state index contributed by atoms with van der Waals surface area (Å²) >= 11 is 0. The number of aromatic nitrogens is 1. The average molecular weight is 426 g/mol. The Balaban J connectivity index is 0.00000240. The van der Waals surface area contributed by atoms with Gasteiger partial charge in [-0.2, -0.15) is 0 Å². The molecule has 7 nitrogen and oxygen atoms in total. The van der Waals surface area contributed by atoms with Gasteiger partial charge in [0.05, 0.1) is 22.7 Å². The summed E-state index contributed by atoms with van der Waals surface area (Å²) in [6.07, 6.45) is 3.53. The van der Waals surface area contributed by atoms with Gasteiger partial charge in [0.2, 0.25) is 5.91 Å². The Morgan fingerprint density at radius 1 is 1.17 bits per heavy atom. The van der Waals surface area contributed by atoms with E-state index in [0.29, 0.717) is 43.8 Å². The van der Waals surface area contributed by atoms with E-state index in [-0.39, 0.29) is 68.7 Å². The number of rotatable bonds is 4. The normalized spacial score (nSPS) is 16.6. The number of carboxylic acids is 1. The van der Waals surface area contributed by atoms with Crippen LogP contribution in [0.5, 0.6) is 0 Å². The van der Waals surface area contributed by atoms with Crippen molar-refractivity contribution in [1.29, 1.82) is 0 Å². The fraction of sp³-hybridized carbons (Fsp3) is 0.450. The zero-order valence-corrected chi connectivity index (χ0v) is 19.7. The first kappa shape index (κ1) is 22.4. The minimum absolute atomic E-state index is 0. The van der Waals surface area contributed by atoms with Crippen LogP contribution in [0.4, 0.5) is 10.1 Å². The van der Waals surface area contributed by atoms with E-state index in [0.717, 1.165) is 18.9 Å². The monoisotopic (exact) mass is 425 g/mol. The van der Waals surface area contributed by atoms with Crippen LogP contribution in [0.15, 0.2) is 23.1 Å². The number of carbonyl (C=O) groups excluding carboxylic acids is 2. The quantitative estimate of drug-likeness (QED) is 0.524. The Kier molecular flexibility index (Phi) is 6.84. The Morgan fingerprint density at radius 2 is 1.83 bits per heavy atom. The van der Waals surface area contributed by atoms with E-state index in [1.54, 1.807) is 15.5 Å². The number of carboxylic acid groups (broad SMARTS) is 1. The molecule has 2 fully saturated rings. The van der Waals surface area contributed by atoms with Gasteiger partial charge in [-0.1, -0.05) is 6.92 Å². The van der Waals surface area contributed by atoms with Crippen molar-refractivity contribution in [3.63, 3.8) is 0 Å². The molecule has 1 aromatic carbocycles. The molecule has 0 unspecified atom stereocenters. The van der Waals surface area contributed by atoms with Gasteiger partial charge in [-0.05, 0) is 25.0 Å². The third-order valence-electron chi connectivity index (χ3n) is 5.54. The van der Waals surface area contributed by atoms with Crippen molar-refractivity contribution in [2.45, 2.75) is 32.2 Å². The van der Waals surface area contributed by atoms with E-state index < -0.39 is 22.8 Å². The van der Waals surface area contributed by atoms with Gasteiger partial charge >= 0.3 is 51.4 Å². The number of hydrogen-bond acceptors (Lipinski definition) is 5. The molecule has 1 amide bonds. The van der Waals surface area contributed by atoms with Gasteiger partial charge in [0.25, 0.3) is 0 Å². The van der Waals surface area contributed by atoms with Crippen LogP contribution in [0.2, 0.25) is 0 Å². The molecule has 1 aliphatic heterocycles. The summed E-state index contributed by atoms with van der Waals surface area (Å²) in [6, 6.07) is 2.86. The minimum atomic E-state index is -1.55. The number of anilines is 1. The summed E-state index contributed by atoms with van der Waals surface area (Å²) in [5.41, 5.74) is -0.277. The first-order valence-corrected chi connectivity index (χ1v) is 9.53. The van der Waals surface area contributed by atoms with Crippen LogP contribution in [-0.2, 0) is 4.79 Å². The van der Waals surface area contributed by atoms with Crippen molar-refractivity contribution in [2.24, 2.45) is 0 Å². The molecule has 0 spiro atoms. The van der Waals surface area contributed by atoms with Crippen LogP contribution in [0.1, 0.15) is 42.6 Å². The fourth-order valence-electron chi connectivity index (χ4n) is 3.82. The molecule has 0 N–H and O–H groups in total. The predicted molar refractivity (Wildman–Crippen MR) is 99.9 cm³/mol. The molecule has 148 valence electrons. The molecule has 9 heteroatoms. The molecule has 2 heterocycles. The van der Waals surface area contributed by atoms with E-state index in [1.807, 2.05) is 11.8 Å². The third-order valence-corrected chi connectivity index (χ3v) is 5.54. The molecule has 1 aliphatic carbocycles. The number of benzene rings is 1. The van der Waals surface area contributed by atoms with Crippen LogP contribution in [0, 0.1) is 5.82 Å². The Hall–Kier alpha value is -1.26. The number of hydrogen-bond donors (Lipinski definition) is 0. The second-order valence-electron chi connectivity index (χ2n) is 7.34. The molecule has 2 aliphatic rings. The minimum Gasteiger partial charge on any atom is -0.545 e. The predicted octanol–water partition coefficient (Wildman–Crippen LogP) is -2.10. The van der Waals surface area contributed by atoms with E-state index in [2.05, 4.69) is 0 Å². The molecule has 1 aromatic heterocycles. The van der Waals surface area contributed by atoms with E-state index in [9.17, 15) is 23.9 Å². The SMILES string of the molecule is CCC(=O)N1CCN(c2cc3c(cc2F)c(=O)c(C(=O)[O-])cn3C2CC2)CC1.[K+]. The number of carbonyl (C=O) groups is 2. The van der Waals surface area contributed by atoms with Crippen LogP contribution in [0.3, 0.4) is 0 Å². The number of pyridine rings is 1.